The first-order valence-electron chi connectivity index (χ1n) is 8.05. The third kappa shape index (κ3) is 4.63. The number of halogens is 3. The molecule has 1 atom stereocenters. The fourth-order valence-corrected chi connectivity index (χ4v) is 3.22. The van der Waals surface area contributed by atoms with E-state index in [2.05, 4.69) is 4.72 Å². The van der Waals surface area contributed by atoms with Gasteiger partial charge in [-0.1, -0.05) is 17.7 Å². The SMILES string of the molecule is Cc1ccc(S(=O)(=O)Nc2ccc(NC(=O)[C@@](C)(O)C(F)(F)F)c(C)c2)cc1. The van der Waals surface area contributed by atoms with E-state index in [-0.39, 0.29) is 16.3 Å². The molecule has 2 aromatic carbocycles. The van der Waals surface area contributed by atoms with Crippen molar-refractivity contribution in [2.75, 3.05) is 10.0 Å². The maximum atomic E-state index is 12.7. The molecule has 6 nitrogen and oxygen atoms in total. The Labute approximate surface area is 160 Å². The van der Waals surface area contributed by atoms with Crippen LogP contribution in [0.4, 0.5) is 24.5 Å². The molecule has 0 radical (unpaired) electrons. The van der Waals surface area contributed by atoms with Crippen LogP contribution >= 0.6 is 0 Å². The maximum Gasteiger partial charge on any atom is 0.426 e. The molecule has 0 bridgehead atoms. The molecule has 2 aromatic rings. The number of aliphatic hydroxyl groups is 1. The van der Waals surface area contributed by atoms with E-state index in [4.69, 9.17) is 0 Å². The van der Waals surface area contributed by atoms with E-state index in [0.717, 1.165) is 5.56 Å². The Bertz CT molecular complexity index is 985. The lowest BCUT2D eigenvalue weighted by Crippen LogP contribution is -2.52. The van der Waals surface area contributed by atoms with Gasteiger partial charge in [0.1, 0.15) is 0 Å². The van der Waals surface area contributed by atoms with Crippen LogP contribution in [0.25, 0.3) is 0 Å². The zero-order valence-electron chi connectivity index (χ0n) is 15.3. The van der Waals surface area contributed by atoms with Crippen LogP contribution in [-0.4, -0.2) is 31.2 Å². The molecular formula is C18H19F3N2O4S. The Hall–Kier alpha value is -2.59. The van der Waals surface area contributed by atoms with Crippen molar-refractivity contribution in [1.29, 1.82) is 0 Å². The van der Waals surface area contributed by atoms with Gasteiger partial charge in [-0.05, 0) is 56.7 Å². The lowest BCUT2D eigenvalue weighted by atomic mass is 10.1. The summed E-state index contributed by atoms with van der Waals surface area (Å²) in [5.41, 5.74) is -2.20. The Balaban J connectivity index is 2.20. The average molecular weight is 416 g/mol. The van der Waals surface area contributed by atoms with E-state index in [1.165, 1.54) is 37.3 Å². The highest BCUT2D eigenvalue weighted by molar-refractivity contribution is 7.92. The van der Waals surface area contributed by atoms with Crippen molar-refractivity contribution in [2.45, 2.75) is 37.4 Å². The number of anilines is 2. The zero-order chi connectivity index (χ0) is 21.3. The predicted octanol–water partition coefficient (Wildman–Crippen LogP) is 3.36. The van der Waals surface area contributed by atoms with Gasteiger partial charge in [0.15, 0.2) is 0 Å². The van der Waals surface area contributed by atoms with Gasteiger partial charge in [-0.15, -0.1) is 0 Å². The summed E-state index contributed by atoms with van der Waals surface area (Å²) < 4.78 is 65.3. The van der Waals surface area contributed by atoms with E-state index >= 15 is 0 Å². The van der Waals surface area contributed by atoms with Crippen LogP contribution in [0.2, 0.25) is 0 Å². The molecule has 0 aliphatic heterocycles. The second-order valence-corrected chi connectivity index (χ2v) is 8.15. The number of nitrogens with one attached hydrogen (secondary N) is 2. The lowest BCUT2D eigenvalue weighted by molar-refractivity contribution is -0.242. The Morgan fingerprint density at radius 1 is 1.04 bits per heavy atom. The summed E-state index contributed by atoms with van der Waals surface area (Å²) in [4.78, 5) is 11.8. The number of aryl methyl sites for hydroxylation is 2. The Kier molecular flexibility index (Phi) is 5.77. The van der Waals surface area contributed by atoms with Crippen molar-refractivity contribution in [1.82, 2.24) is 0 Å². The summed E-state index contributed by atoms with van der Waals surface area (Å²) in [6.07, 6.45) is -5.14. The molecule has 0 unspecified atom stereocenters. The predicted molar refractivity (Wildman–Crippen MR) is 98.5 cm³/mol. The van der Waals surface area contributed by atoms with Gasteiger partial charge in [0.05, 0.1) is 4.90 Å². The first kappa shape index (κ1) is 21.7. The van der Waals surface area contributed by atoms with Gasteiger partial charge in [-0.2, -0.15) is 13.2 Å². The van der Waals surface area contributed by atoms with Gasteiger partial charge in [0, 0.05) is 11.4 Å². The number of alkyl halides is 3. The Morgan fingerprint density at radius 3 is 2.11 bits per heavy atom. The average Bonchev–Trinajstić information content (AvgIpc) is 2.56. The number of hydrogen-bond acceptors (Lipinski definition) is 4. The molecule has 3 N–H and O–H groups in total. The molecule has 2 rings (SSSR count). The maximum absolute atomic E-state index is 12.7. The summed E-state index contributed by atoms with van der Waals surface area (Å²) in [5.74, 6) is -1.64. The minimum absolute atomic E-state index is 0.00723. The molecule has 10 heteroatoms. The van der Waals surface area contributed by atoms with Crippen molar-refractivity contribution in [2.24, 2.45) is 0 Å². The summed E-state index contributed by atoms with van der Waals surface area (Å²) >= 11 is 0. The van der Waals surface area contributed by atoms with Crippen LogP contribution in [0.1, 0.15) is 18.1 Å². The van der Waals surface area contributed by atoms with Crippen LogP contribution in [0.3, 0.4) is 0 Å². The smallest absolute Gasteiger partial charge is 0.373 e. The van der Waals surface area contributed by atoms with Crippen LogP contribution in [0.15, 0.2) is 47.4 Å². The summed E-state index contributed by atoms with van der Waals surface area (Å²) in [7, 11) is -3.85. The zero-order valence-corrected chi connectivity index (χ0v) is 16.1. The van der Waals surface area contributed by atoms with Crippen molar-refractivity contribution in [3.8, 4) is 0 Å². The molecule has 1 amide bonds. The molecule has 0 spiro atoms. The van der Waals surface area contributed by atoms with E-state index in [0.29, 0.717) is 12.5 Å². The van der Waals surface area contributed by atoms with E-state index in [1.807, 2.05) is 12.2 Å². The summed E-state index contributed by atoms with van der Waals surface area (Å²) in [5, 5.41) is 11.4. The second kappa shape index (κ2) is 7.44. The minimum Gasteiger partial charge on any atom is -0.373 e. The van der Waals surface area contributed by atoms with Crippen LogP contribution in [0, 0.1) is 13.8 Å². The van der Waals surface area contributed by atoms with Crippen molar-refractivity contribution < 1.29 is 31.5 Å². The number of sulfonamides is 1. The second-order valence-electron chi connectivity index (χ2n) is 6.47. The highest BCUT2D eigenvalue weighted by Crippen LogP contribution is 2.32. The molecule has 0 aromatic heterocycles. The van der Waals surface area contributed by atoms with Gasteiger partial charge >= 0.3 is 6.18 Å². The number of carbonyl (C=O) groups is 1. The quantitative estimate of drug-likeness (QED) is 0.697. The third-order valence-electron chi connectivity index (χ3n) is 4.05. The monoisotopic (exact) mass is 416 g/mol. The topological polar surface area (TPSA) is 95.5 Å². The van der Waals surface area contributed by atoms with Crippen LogP contribution in [-0.2, 0) is 14.8 Å². The molecule has 0 saturated heterocycles. The first-order chi connectivity index (χ1) is 12.7. The van der Waals surface area contributed by atoms with Crippen LogP contribution in [0.5, 0.6) is 0 Å². The molecule has 0 fully saturated rings. The molecular weight excluding hydrogens is 397 g/mol. The van der Waals surface area contributed by atoms with Gasteiger partial charge < -0.3 is 10.4 Å². The normalized spacial score (nSPS) is 14.2. The molecule has 0 saturated carbocycles. The fraction of sp³-hybridized carbons (Fsp3) is 0.278. The number of benzene rings is 2. The number of carbonyl (C=O) groups excluding carboxylic acids is 1. The van der Waals surface area contributed by atoms with Gasteiger partial charge in [0.25, 0.3) is 15.9 Å². The van der Waals surface area contributed by atoms with E-state index in [1.54, 1.807) is 12.1 Å². The molecule has 0 aliphatic rings. The van der Waals surface area contributed by atoms with E-state index in [9.17, 15) is 31.5 Å². The Morgan fingerprint density at radius 2 is 1.61 bits per heavy atom. The molecule has 0 aliphatic carbocycles. The molecule has 152 valence electrons. The highest BCUT2D eigenvalue weighted by Gasteiger charge is 2.55. The molecule has 28 heavy (non-hydrogen) atoms. The highest BCUT2D eigenvalue weighted by atomic mass is 32.2. The fourth-order valence-electron chi connectivity index (χ4n) is 2.17. The van der Waals surface area contributed by atoms with Gasteiger partial charge in [-0.25, -0.2) is 8.42 Å². The lowest BCUT2D eigenvalue weighted by Gasteiger charge is -2.25. The van der Waals surface area contributed by atoms with Crippen molar-refractivity contribution in [3.63, 3.8) is 0 Å². The largest absolute Gasteiger partial charge is 0.426 e. The number of rotatable bonds is 5. The third-order valence-corrected chi connectivity index (χ3v) is 5.45. The minimum atomic E-state index is -5.14. The van der Waals surface area contributed by atoms with Crippen LogP contribution < -0.4 is 10.0 Å². The van der Waals surface area contributed by atoms with Gasteiger partial charge in [-0.3, -0.25) is 9.52 Å². The van der Waals surface area contributed by atoms with Crippen molar-refractivity contribution >= 4 is 27.3 Å². The van der Waals surface area contributed by atoms with Gasteiger partial charge in [0.2, 0.25) is 5.60 Å². The summed E-state index contributed by atoms with van der Waals surface area (Å²) in [6.45, 7) is 3.64. The molecule has 0 heterocycles. The standard InChI is InChI=1S/C18H19F3N2O4S/c1-11-4-7-14(8-5-11)28(26,27)23-13-6-9-15(12(2)10-13)22-16(24)17(3,25)18(19,20)21/h4-10,23,25H,1-3H3,(H,22,24)/t17-/m1/s1. The number of amides is 1. The first-order valence-corrected chi connectivity index (χ1v) is 9.53. The van der Waals surface area contributed by atoms with Crippen molar-refractivity contribution in [3.05, 3.63) is 53.6 Å². The number of hydrogen-bond donors (Lipinski definition) is 3. The summed E-state index contributed by atoms with van der Waals surface area (Å²) in [6, 6.07) is 10.1. The van der Waals surface area contributed by atoms with E-state index < -0.39 is 27.7 Å².